The Morgan fingerprint density at radius 2 is 1.84 bits per heavy atom. The third-order valence-corrected chi connectivity index (χ3v) is 3.75. The van der Waals surface area contributed by atoms with Gasteiger partial charge < -0.3 is 10.0 Å². The Morgan fingerprint density at radius 3 is 2.42 bits per heavy atom. The van der Waals surface area contributed by atoms with Crippen LogP contribution in [0, 0.1) is 0 Å². The zero-order valence-corrected chi connectivity index (χ0v) is 13.2. The predicted molar refractivity (Wildman–Crippen MR) is 82.7 cm³/mol. The number of aromatic hydroxyl groups is 1. The fourth-order valence-electron chi connectivity index (χ4n) is 2.44. The quantitative estimate of drug-likeness (QED) is 0.741. The van der Waals surface area contributed by atoms with Gasteiger partial charge in [0.15, 0.2) is 0 Å². The number of nitrogens with zero attached hydrogens (tertiary/aromatic N) is 1. The van der Waals surface area contributed by atoms with Crippen molar-refractivity contribution in [3.63, 3.8) is 0 Å². The van der Waals surface area contributed by atoms with E-state index in [1.54, 1.807) is 0 Å². The summed E-state index contributed by atoms with van der Waals surface area (Å²) < 4.78 is 0. The number of benzene rings is 1. The molecule has 0 aliphatic heterocycles. The second-order valence-corrected chi connectivity index (χ2v) is 6.42. The largest absolute Gasteiger partial charge is 0.508 e. The van der Waals surface area contributed by atoms with Gasteiger partial charge in [-0.1, -0.05) is 52.2 Å². The van der Waals surface area contributed by atoms with Crippen LogP contribution in [0.25, 0.3) is 0 Å². The molecule has 0 saturated heterocycles. The number of unbranched alkanes of at least 4 members (excludes halogenated alkanes) is 2. The van der Waals surface area contributed by atoms with Crippen molar-refractivity contribution >= 4 is 0 Å². The van der Waals surface area contributed by atoms with Crippen LogP contribution in [0.4, 0.5) is 0 Å². The van der Waals surface area contributed by atoms with Crippen LogP contribution < -0.4 is 0 Å². The highest BCUT2D eigenvalue weighted by molar-refractivity contribution is 5.38. The van der Waals surface area contributed by atoms with Gasteiger partial charge in [0.2, 0.25) is 0 Å². The van der Waals surface area contributed by atoms with E-state index >= 15 is 0 Å². The summed E-state index contributed by atoms with van der Waals surface area (Å²) >= 11 is 0. The Kier molecular flexibility index (Phi) is 5.86. The van der Waals surface area contributed by atoms with Gasteiger partial charge >= 0.3 is 0 Å². The van der Waals surface area contributed by atoms with Gasteiger partial charge in [-0.3, -0.25) is 0 Å². The van der Waals surface area contributed by atoms with Gasteiger partial charge in [0.25, 0.3) is 0 Å². The molecule has 2 heteroatoms. The van der Waals surface area contributed by atoms with Crippen molar-refractivity contribution in [2.24, 2.45) is 0 Å². The maximum atomic E-state index is 9.94. The van der Waals surface area contributed by atoms with E-state index in [1.165, 1.54) is 31.2 Å². The van der Waals surface area contributed by atoms with Crippen LogP contribution in [0.2, 0.25) is 0 Å². The molecule has 0 unspecified atom stereocenters. The van der Waals surface area contributed by atoms with Crippen LogP contribution in [0.3, 0.4) is 0 Å². The van der Waals surface area contributed by atoms with Crippen molar-refractivity contribution in [1.82, 2.24) is 4.90 Å². The molecule has 0 aliphatic carbocycles. The van der Waals surface area contributed by atoms with Crippen LogP contribution in [0.5, 0.6) is 5.75 Å². The standard InChI is InChI=1S/C17H29NO/c1-6-7-8-11-17(2,3)15-9-10-16(19)14(12-15)13-18(4)5/h9-10,12,19H,6-8,11,13H2,1-5H3. The summed E-state index contributed by atoms with van der Waals surface area (Å²) in [6, 6.07) is 6.08. The average Bonchev–Trinajstić information content (AvgIpc) is 2.31. The summed E-state index contributed by atoms with van der Waals surface area (Å²) in [6.07, 6.45) is 5.03. The minimum absolute atomic E-state index is 0.184. The van der Waals surface area contributed by atoms with Crippen molar-refractivity contribution < 1.29 is 5.11 Å². The summed E-state index contributed by atoms with van der Waals surface area (Å²) in [4.78, 5) is 2.09. The molecule has 0 aliphatic rings. The van der Waals surface area contributed by atoms with Crippen LogP contribution in [0.15, 0.2) is 18.2 Å². The van der Waals surface area contributed by atoms with Crippen molar-refractivity contribution in [3.8, 4) is 5.75 Å². The molecule has 0 atom stereocenters. The van der Waals surface area contributed by atoms with Crippen molar-refractivity contribution in [1.29, 1.82) is 0 Å². The molecule has 0 aromatic heterocycles. The van der Waals surface area contributed by atoms with E-state index in [1.807, 2.05) is 20.2 Å². The fourth-order valence-corrected chi connectivity index (χ4v) is 2.44. The zero-order chi connectivity index (χ0) is 14.5. The average molecular weight is 263 g/mol. The van der Waals surface area contributed by atoms with Crippen LogP contribution in [-0.2, 0) is 12.0 Å². The molecule has 0 bridgehead atoms. The van der Waals surface area contributed by atoms with E-state index in [9.17, 15) is 5.11 Å². The van der Waals surface area contributed by atoms with Crippen LogP contribution in [0.1, 0.15) is 57.6 Å². The number of hydrogen-bond acceptors (Lipinski definition) is 2. The van der Waals surface area contributed by atoms with Crippen molar-refractivity contribution in [2.45, 2.75) is 58.4 Å². The molecular weight excluding hydrogens is 234 g/mol. The van der Waals surface area contributed by atoms with E-state index in [0.29, 0.717) is 5.75 Å². The number of phenols is 1. The molecule has 0 amide bonds. The monoisotopic (exact) mass is 263 g/mol. The number of phenolic OH excluding ortho intramolecular Hbond substituents is 1. The Labute approximate surface area is 118 Å². The molecule has 108 valence electrons. The first-order valence-electron chi connectivity index (χ1n) is 7.34. The van der Waals surface area contributed by atoms with Crippen molar-refractivity contribution in [3.05, 3.63) is 29.3 Å². The van der Waals surface area contributed by atoms with E-state index in [0.717, 1.165) is 12.1 Å². The molecule has 0 spiro atoms. The van der Waals surface area contributed by atoms with Gasteiger partial charge in [0, 0.05) is 12.1 Å². The van der Waals surface area contributed by atoms with Gasteiger partial charge in [-0.15, -0.1) is 0 Å². The maximum absolute atomic E-state index is 9.94. The highest BCUT2D eigenvalue weighted by Gasteiger charge is 2.21. The molecule has 1 aromatic rings. The normalized spacial score (nSPS) is 12.1. The Hall–Kier alpha value is -1.02. The zero-order valence-electron chi connectivity index (χ0n) is 13.2. The lowest BCUT2D eigenvalue weighted by Crippen LogP contribution is -2.18. The van der Waals surface area contributed by atoms with Crippen LogP contribution >= 0.6 is 0 Å². The predicted octanol–water partition coefficient (Wildman–Crippen LogP) is 4.31. The van der Waals surface area contributed by atoms with Gasteiger partial charge in [0.05, 0.1) is 0 Å². The summed E-state index contributed by atoms with van der Waals surface area (Å²) in [5.41, 5.74) is 2.54. The number of rotatable bonds is 7. The maximum Gasteiger partial charge on any atom is 0.120 e. The lowest BCUT2D eigenvalue weighted by molar-refractivity contribution is 0.383. The molecular formula is C17H29NO. The third-order valence-electron chi connectivity index (χ3n) is 3.75. The molecule has 1 N–H and O–H groups in total. The molecule has 2 nitrogen and oxygen atoms in total. The lowest BCUT2D eigenvalue weighted by Gasteiger charge is -2.26. The van der Waals surface area contributed by atoms with Crippen LogP contribution in [-0.4, -0.2) is 24.1 Å². The topological polar surface area (TPSA) is 23.5 Å². The second kappa shape index (κ2) is 6.95. The third kappa shape index (κ3) is 4.87. The molecule has 0 radical (unpaired) electrons. The molecule has 1 aromatic carbocycles. The Bertz CT molecular complexity index is 396. The molecule has 0 fully saturated rings. The minimum Gasteiger partial charge on any atom is -0.508 e. The van der Waals surface area contributed by atoms with Gasteiger partial charge in [-0.2, -0.15) is 0 Å². The summed E-state index contributed by atoms with van der Waals surface area (Å²) in [5.74, 6) is 0.404. The smallest absolute Gasteiger partial charge is 0.120 e. The highest BCUT2D eigenvalue weighted by atomic mass is 16.3. The summed E-state index contributed by atoms with van der Waals surface area (Å²) in [5, 5.41) is 9.94. The molecule has 0 heterocycles. The second-order valence-electron chi connectivity index (χ2n) is 6.42. The summed E-state index contributed by atoms with van der Waals surface area (Å²) in [7, 11) is 4.05. The van der Waals surface area contributed by atoms with Gasteiger partial charge in [0.1, 0.15) is 5.75 Å². The SMILES string of the molecule is CCCCCC(C)(C)c1ccc(O)c(CN(C)C)c1. The highest BCUT2D eigenvalue weighted by Crippen LogP contribution is 2.32. The van der Waals surface area contributed by atoms with E-state index in [4.69, 9.17) is 0 Å². The van der Waals surface area contributed by atoms with Gasteiger partial charge in [-0.25, -0.2) is 0 Å². The fraction of sp³-hybridized carbons (Fsp3) is 0.647. The first-order chi connectivity index (χ1) is 8.86. The molecule has 19 heavy (non-hydrogen) atoms. The van der Waals surface area contributed by atoms with E-state index in [-0.39, 0.29) is 5.41 Å². The van der Waals surface area contributed by atoms with E-state index < -0.39 is 0 Å². The van der Waals surface area contributed by atoms with E-state index in [2.05, 4.69) is 37.8 Å². The Morgan fingerprint density at radius 1 is 1.16 bits per heavy atom. The molecule has 0 saturated carbocycles. The first kappa shape index (κ1) is 16.0. The Balaban J connectivity index is 2.87. The van der Waals surface area contributed by atoms with Gasteiger partial charge in [-0.05, 0) is 37.6 Å². The first-order valence-corrected chi connectivity index (χ1v) is 7.34. The number of hydrogen-bond donors (Lipinski definition) is 1. The van der Waals surface area contributed by atoms with Crippen molar-refractivity contribution in [2.75, 3.05) is 14.1 Å². The molecule has 1 rings (SSSR count). The summed E-state index contributed by atoms with van der Waals surface area (Å²) in [6.45, 7) is 7.62. The minimum atomic E-state index is 0.184. The lowest BCUT2D eigenvalue weighted by atomic mass is 9.79.